The van der Waals surface area contributed by atoms with Crippen molar-refractivity contribution < 1.29 is 32.7 Å². The number of likely N-dealkylation sites (tertiary alicyclic amines) is 1. The Kier molecular flexibility index (Phi) is 8.10. The van der Waals surface area contributed by atoms with E-state index >= 15 is 4.39 Å². The number of nitrogens with one attached hydrogen (secondary N) is 1. The van der Waals surface area contributed by atoms with Gasteiger partial charge in [0.05, 0.1) is 49.5 Å². The number of halogens is 3. The van der Waals surface area contributed by atoms with Gasteiger partial charge in [-0.1, -0.05) is 23.7 Å². The van der Waals surface area contributed by atoms with Crippen LogP contribution in [-0.4, -0.2) is 78.0 Å². The van der Waals surface area contributed by atoms with E-state index in [1.54, 1.807) is 30.1 Å². The van der Waals surface area contributed by atoms with Crippen LogP contribution in [0, 0.1) is 5.82 Å². The van der Waals surface area contributed by atoms with Crippen LogP contribution in [0.2, 0.25) is 5.02 Å². The predicted octanol–water partition coefficient (Wildman–Crippen LogP) is 4.59. The number of anilines is 2. The van der Waals surface area contributed by atoms with E-state index in [1.807, 2.05) is 0 Å². The number of hydrogen-bond acceptors (Lipinski definition) is 9. The lowest BCUT2D eigenvalue weighted by atomic mass is 10.1. The van der Waals surface area contributed by atoms with Gasteiger partial charge >= 0.3 is 0 Å². The fourth-order valence-electron chi connectivity index (χ4n) is 4.48. The highest BCUT2D eigenvalue weighted by Crippen LogP contribution is 2.36. The maximum Gasteiger partial charge on any atom is 0.281 e. The Morgan fingerprint density at radius 1 is 1.24 bits per heavy atom. The quantitative estimate of drug-likeness (QED) is 0.424. The van der Waals surface area contributed by atoms with Gasteiger partial charge in [0.1, 0.15) is 22.3 Å². The summed E-state index contributed by atoms with van der Waals surface area (Å²) in [4.78, 5) is 44.5. The lowest BCUT2D eigenvalue weighted by Crippen LogP contribution is -2.40. The standard InChI is InChI=1S/C27H25ClF2N6O5/c1-35-8-7-19(18(30)13-35)32-24(37)15-9-22(39-2)20(10-17(15)29)33-27-31-11-16(28)25(34-27)41-21-6-4-5-14-12-36(40-3)26(38)23(14)21/h4-6,9-11,18H,7-8,12-13H2,1-3H3,(H,31,33,34)/t18-/m1/s1. The zero-order chi connectivity index (χ0) is 29.3. The Morgan fingerprint density at radius 2 is 2.05 bits per heavy atom. The fraction of sp³-hybridized carbons (Fsp3) is 0.296. The molecule has 3 heterocycles. The summed E-state index contributed by atoms with van der Waals surface area (Å²) in [6.45, 7) is 0.916. The number of methoxy groups -OCH3 is 1. The highest BCUT2D eigenvalue weighted by atomic mass is 35.5. The molecule has 1 aromatic heterocycles. The number of benzene rings is 2. The number of aromatic nitrogens is 2. The number of carbonyl (C=O) groups excluding carboxylic acids is 2. The maximum absolute atomic E-state index is 15.1. The molecule has 0 bridgehead atoms. The van der Waals surface area contributed by atoms with Gasteiger partial charge in [-0.3, -0.25) is 14.4 Å². The van der Waals surface area contributed by atoms with E-state index in [4.69, 9.17) is 25.9 Å². The Labute approximate surface area is 238 Å². The Bertz CT molecular complexity index is 1550. The third kappa shape index (κ3) is 5.82. The van der Waals surface area contributed by atoms with E-state index in [0.717, 1.165) is 6.07 Å². The van der Waals surface area contributed by atoms with Gasteiger partial charge in [-0.25, -0.2) is 23.8 Å². The summed E-state index contributed by atoms with van der Waals surface area (Å²) >= 11 is 6.27. The molecular formula is C27H25ClF2N6O5. The second-order valence-corrected chi connectivity index (χ2v) is 9.72. The van der Waals surface area contributed by atoms with Crippen LogP contribution in [0.5, 0.6) is 17.4 Å². The van der Waals surface area contributed by atoms with Crippen LogP contribution in [0.15, 0.2) is 41.5 Å². The normalized spacial score (nSPS) is 18.0. The third-order valence-electron chi connectivity index (χ3n) is 6.60. The SMILES string of the molecule is COc1cc(C(=O)N=C2CCN(C)C[C@H]2F)c(F)cc1Nc1ncc(Cl)c(Oc2cccc3c2C(=O)N(OC)C3)n1. The van der Waals surface area contributed by atoms with Crippen molar-refractivity contribution in [3.05, 3.63) is 64.1 Å². The summed E-state index contributed by atoms with van der Waals surface area (Å²) < 4.78 is 40.6. The largest absolute Gasteiger partial charge is 0.495 e. The van der Waals surface area contributed by atoms with Gasteiger partial charge in [-0.05, 0) is 24.7 Å². The smallest absolute Gasteiger partial charge is 0.281 e. The van der Waals surface area contributed by atoms with Crippen LogP contribution >= 0.6 is 11.6 Å². The summed E-state index contributed by atoms with van der Waals surface area (Å²) in [5.41, 5.74) is 0.814. The number of amides is 2. The molecule has 2 aromatic carbocycles. The zero-order valence-electron chi connectivity index (χ0n) is 22.3. The number of fused-ring (bicyclic) bond motifs is 1. The van der Waals surface area contributed by atoms with Gasteiger partial charge in [0.15, 0.2) is 6.17 Å². The molecule has 14 heteroatoms. The van der Waals surface area contributed by atoms with Gasteiger partial charge in [-0.15, -0.1) is 0 Å². The van der Waals surface area contributed by atoms with Gasteiger partial charge in [0.25, 0.3) is 11.8 Å². The minimum absolute atomic E-state index is 0.0366. The number of hydrogen-bond donors (Lipinski definition) is 1. The van der Waals surface area contributed by atoms with Crippen molar-refractivity contribution in [3.63, 3.8) is 0 Å². The number of alkyl halides is 1. The molecule has 0 saturated carbocycles. The number of carbonyl (C=O) groups is 2. The average molecular weight is 587 g/mol. The van der Waals surface area contributed by atoms with E-state index in [-0.39, 0.29) is 70.7 Å². The van der Waals surface area contributed by atoms with Gasteiger partial charge in [-0.2, -0.15) is 4.98 Å². The molecule has 1 fully saturated rings. The molecule has 0 radical (unpaired) electrons. The first kappa shape index (κ1) is 28.3. The van der Waals surface area contributed by atoms with Crippen molar-refractivity contribution in [1.29, 1.82) is 0 Å². The van der Waals surface area contributed by atoms with Crippen LogP contribution in [-0.2, 0) is 11.4 Å². The molecule has 0 aliphatic carbocycles. The van der Waals surface area contributed by atoms with Gasteiger partial charge < -0.3 is 19.7 Å². The van der Waals surface area contributed by atoms with Crippen molar-refractivity contribution in [2.75, 3.05) is 39.7 Å². The first-order chi connectivity index (χ1) is 19.7. The minimum Gasteiger partial charge on any atom is -0.495 e. The fourth-order valence-corrected chi connectivity index (χ4v) is 4.61. The van der Waals surface area contributed by atoms with E-state index in [0.29, 0.717) is 17.7 Å². The molecule has 2 amide bonds. The van der Waals surface area contributed by atoms with E-state index < -0.39 is 17.9 Å². The zero-order valence-corrected chi connectivity index (χ0v) is 23.0. The number of piperidine rings is 1. The molecule has 1 atom stereocenters. The number of ether oxygens (including phenoxy) is 2. The average Bonchev–Trinajstić information content (AvgIpc) is 3.28. The summed E-state index contributed by atoms with van der Waals surface area (Å²) in [7, 11) is 4.50. The predicted molar refractivity (Wildman–Crippen MR) is 145 cm³/mol. The molecule has 1 N–H and O–H groups in total. The second-order valence-electron chi connectivity index (χ2n) is 9.31. The Hall–Kier alpha value is -4.20. The number of hydroxylamine groups is 2. The monoisotopic (exact) mass is 586 g/mol. The van der Waals surface area contributed by atoms with Gasteiger partial charge in [0, 0.05) is 25.6 Å². The summed E-state index contributed by atoms with van der Waals surface area (Å²) in [6.07, 6.45) is 0.130. The van der Waals surface area contributed by atoms with E-state index in [9.17, 15) is 14.0 Å². The van der Waals surface area contributed by atoms with Crippen molar-refractivity contribution >= 4 is 40.8 Å². The van der Waals surface area contributed by atoms with Crippen molar-refractivity contribution in [3.8, 4) is 17.4 Å². The third-order valence-corrected chi connectivity index (χ3v) is 6.86. The lowest BCUT2D eigenvalue weighted by molar-refractivity contribution is -0.0957. The summed E-state index contributed by atoms with van der Waals surface area (Å²) in [5, 5.41) is 4.07. The van der Waals surface area contributed by atoms with Crippen LogP contribution in [0.1, 0.15) is 32.7 Å². The second kappa shape index (κ2) is 11.7. The molecule has 214 valence electrons. The number of nitrogens with zero attached hydrogens (tertiary/aromatic N) is 5. The molecule has 3 aromatic rings. The molecular weight excluding hydrogens is 562 g/mol. The molecule has 0 unspecified atom stereocenters. The molecule has 2 aliphatic heterocycles. The minimum atomic E-state index is -1.41. The topological polar surface area (TPSA) is 118 Å². The van der Waals surface area contributed by atoms with E-state index in [1.165, 1.54) is 31.5 Å². The summed E-state index contributed by atoms with van der Waals surface area (Å²) in [6, 6.07) is 7.28. The van der Waals surface area contributed by atoms with Crippen molar-refractivity contribution in [2.45, 2.75) is 19.1 Å². The van der Waals surface area contributed by atoms with Crippen LogP contribution in [0.25, 0.3) is 0 Å². The molecule has 0 spiro atoms. The first-order valence-corrected chi connectivity index (χ1v) is 12.8. The maximum atomic E-state index is 15.1. The lowest BCUT2D eigenvalue weighted by Gasteiger charge is -2.26. The van der Waals surface area contributed by atoms with E-state index in [2.05, 4.69) is 20.3 Å². The molecule has 11 nitrogen and oxygen atoms in total. The first-order valence-electron chi connectivity index (χ1n) is 12.5. The summed E-state index contributed by atoms with van der Waals surface area (Å²) in [5.74, 6) is -2.00. The van der Waals surface area contributed by atoms with Crippen LogP contribution in [0.4, 0.5) is 20.4 Å². The van der Waals surface area contributed by atoms with Gasteiger partial charge in [0.2, 0.25) is 11.8 Å². The Balaban J connectivity index is 1.39. The molecule has 2 aliphatic rings. The highest BCUT2D eigenvalue weighted by Gasteiger charge is 2.32. The van der Waals surface area contributed by atoms with Crippen molar-refractivity contribution in [2.24, 2.45) is 4.99 Å². The van der Waals surface area contributed by atoms with Crippen LogP contribution in [0.3, 0.4) is 0 Å². The number of aliphatic imine (C=N–C) groups is 1. The van der Waals surface area contributed by atoms with Crippen LogP contribution < -0.4 is 14.8 Å². The molecule has 5 rings (SSSR count). The molecule has 1 saturated heterocycles. The highest BCUT2D eigenvalue weighted by molar-refractivity contribution is 6.31. The van der Waals surface area contributed by atoms with Crippen molar-refractivity contribution in [1.82, 2.24) is 19.9 Å². The Morgan fingerprint density at radius 3 is 2.78 bits per heavy atom. The molecule has 41 heavy (non-hydrogen) atoms. The number of rotatable bonds is 7.